The Morgan fingerprint density at radius 2 is 2.06 bits per heavy atom. The molecule has 0 radical (unpaired) electrons. The van der Waals surface area contributed by atoms with Gasteiger partial charge in [-0.1, -0.05) is 0 Å². The van der Waals surface area contributed by atoms with Crippen LogP contribution in [0.2, 0.25) is 0 Å². The van der Waals surface area contributed by atoms with Crippen molar-refractivity contribution < 1.29 is 24.2 Å². The highest BCUT2D eigenvalue weighted by Gasteiger charge is 2.31. The zero-order valence-corrected chi connectivity index (χ0v) is 9.55. The van der Waals surface area contributed by atoms with Crippen LogP contribution in [0.4, 0.5) is 0 Å². The summed E-state index contributed by atoms with van der Waals surface area (Å²) >= 11 is 0. The van der Waals surface area contributed by atoms with E-state index in [2.05, 4.69) is 5.32 Å². The minimum absolute atomic E-state index is 0.120. The second-order valence-corrected chi connectivity index (χ2v) is 4.41. The molecule has 6 nitrogen and oxygen atoms in total. The van der Waals surface area contributed by atoms with Crippen LogP contribution in [0.3, 0.4) is 0 Å². The molecule has 2 saturated heterocycles. The predicted octanol–water partition coefficient (Wildman–Crippen LogP) is -0.0862. The molecule has 2 heterocycles. The number of carboxylic acid groups (broad SMARTS) is 1. The maximum atomic E-state index is 11.6. The molecule has 0 spiro atoms. The number of aliphatic carboxylic acids is 1. The van der Waals surface area contributed by atoms with E-state index in [4.69, 9.17) is 14.6 Å². The fraction of sp³-hybridized carbons (Fsp3) is 0.818. The van der Waals surface area contributed by atoms with Crippen molar-refractivity contribution in [1.29, 1.82) is 0 Å². The van der Waals surface area contributed by atoms with Gasteiger partial charge in [-0.25, -0.2) is 4.79 Å². The van der Waals surface area contributed by atoms with E-state index in [9.17, 15) is 9.59 Å². The Morgan fingerprint density at radius 1 is 1.24 bits per heavy atom. The van der Waals surface area contributed by atoms with Crippen LogP contribution in [0.15, 0.2) is 0 Å². The molecule has 0 bridgehead atoms. The molecule has 6 heteroatoms. The van der Waals surface area contributed by atoms with Crippen LogP contribution < -0.4 is 5.32 Å². The highest BCUT2D eigenvalue weighted by atomic mass is 16.5. The Hall–Kier alpha value is -1.14. The minimum atomic E-state index is -0.932. The van der Waals surface area contributed by atoms with Crippen LogP contribution in [0.5, 0.6) is 0 Å². The lowest BCUT2D eigenvalue weighted by atomic mass is 10.2. The number of carbonyl (C=O) groups is 2. The topological polar surface area (TPSA) is 84.9 Å². The first-order valence-electron chi connectivity index (χ1n) is 5.94. The number of nitrogens with one attached hydrogen (secondary N) is 1. The van der Waals surface area contributed by atoms with E-state index < -0.39 is 12.1 Å². The van der Waals surface area contributed by atoms with Crippen molar-refractivity contribution in [2.45, 2.75) is 44.0 Å². The van der Waals surface area contributed by atoms with Crippen LogP contribution in [-0.4, -0.2) is 48.4 Å². The third-order valence-corrected chi connectivity index (χ3v) is 3.11. The van der Waals surface area contributed by atoms with E-state index in [1.54, 1.807) is 0 Å². The van der Waals surface area contributed by atoms with E-state index in [-0.39, 0.29) is 18.1 Å². The lowest BCUT2D eigenvalue weighted by Gasteiger charge is -2.14. The first kappa shape index (κ1) is 12.3. The molecule has 0 aromatic rings. The molecule has 96 valence electrons. The molecule has 0 aromatic carbocycles. The molecule has 0 aliphatic carbocycles. The molecular formula is C11H17NO5. The maximum absolute atomic E-state index is 11.6. The van der Waals surface area contributed by atoms with Crippen LogP contribution in [0.25, 0.3) is 0 Å². The fourth-order valence-corrected chi connectivity index (χ4v) is 2.15. The summed E-state index contributed by atoms with van der Waals surface area (Å²) in [5.41, 5.74) is 0. The zero-order chi connectivity index (χ0) is 12.3. The van der Waals surface area contributed by atoms with Gasteiger partial charge >= 0.3 is 5.97 Å². The van der Waals surface area contributed by atoms with Gasteiger partial charge in [-0.3, -0.25) is 4.79 Å². The summed E-state index contributed by atoms with van der Waals surface area (Å²) in [6.07, 6.45) is 1.60. The van der Waals surface area contributed by atoms with Crippen LogP contribution in [0.1, 0.15) is 25.7 Å². The van der Waals surface area contributed by atoms with Gasteiger partial charge in [-0.05, 0) is 25.7 Å². The number of carbonyl (C=O) groups excluding carboxylic acids is 1. The summed E-state index contributed by atoms with van der Waals surface area (Å²) in [6.45, 7) is 1.00. The molecule has 0 aromatic heterocycles. The summed E-state index contributed by atoms with van der Waals surface area (Å²) in [5.74, 6) is -1.05. The highest BCUT2D eigenvalue weighted by Crippen LogP contribution is 2.19. The van der Waals surface area contributed by atoms with Crippen LogP contribution >= 0.6 is 0 Å². The lowest BCUT2D eigenvalue weighted by Crippen LogP contribution is -2.39. The standard InChI is InChI=1S/C11H17NO5/c13-10(8-2-1-5-16-8)12-6-7-3-4-9(17-7)11(14)15/h7-9H,1-6H2,(H,12,13)(H,14,15). The second kappa shape index (κ2) is 5.46. The van der Waals surface area contributed by atoms with Gasteiger partial charge in [0.15, 0.2) is 6.10 Å². The summed E-state index contributed by atoms with van der Waals surface area (Å²) in [4.78, 5) is 22.3. The third-order valence-electron chi connectivity index (χ3n) is 3.11. The number of amides is 1. The number of rotatable bonds is 4. The van der Waals surface area contributed by atoms with Crippen LogP contribution in [0, 0.1) is 0 Å². The van der Waals surface area contributed by atoms with Gasteiger partial charge in [0.2, 0.25) is 5.91 Å². The monoisotopic (exact) mass is 243 g/mol. The van der Waals surface area contributed by atoms with Crippen molar-refractivity contribution in [1.82, 2.24) is 5.32 Å². The smallest absolute Gasteiger partial charge is 0.332 e. The number of ether oxygens (including phenoxy) is 2. The predicted molar refractivity (Wildman–Crippen MR) is 57.5 cm³/mol. The summed E-state index contributed by atoms with van der Waals surface area (Å²) in [6, 6.07) is 0. The SMILES string of the molecule is O=C(O)C1CCC(CNC(=O)C2CCCO2)O1. The third kappa shape index (κ3) is 3.17. The number of hydrogen-bond donors (Lipinski definition) is 2. The largest absolute Gasteiger partial charge is 0.479 e. The van der Waals surface area contributed by atoms with E-state index in [1.165, 1.54) is 0 Å². The van der Waals surface area contributed by atoms with Crippen molar-refractivity contribution in [2.75, 3.05) is 13.2 Å². The highest BCUT2D eigenvalue weighted by molar-refractivity contribution is 5.81. The molecule has 2 N–H and O–H groups in total. The molecule has 2 fully saturated rings. The average molecular weight is 243 g/mol. The molecule has 2 aliphatic rings. The van der Waals surface area contributed by atoms with E-state index >= 15 is 0 Å². The van der Waals surface area contributed by atoms with Gasteiger partial charge in [0.25, 0.3) is 0 Å². The first-order valence-corrected chi connectivity index (χ1v) is 5.94. The van der Waals surface area contributed by atoms with E-state index in [0.717, 1.165) is 12.8 Å². The Bertz CT molecular complexity index is 300. The fourth-order valence-electron chi connectivity index (χ4n) is 2.15. The van der Waals surface area contributed by atoms with Gasteiger partial charge in [0, 0.05) is 13.2 Å². The molecule has 17 heavy (non-hydrogen) atoms. The second-order valence-electron chi connectivity index (χ2n) is 4.41. The van der Waals surface area contributed by atoms with Crippen molar-refractivity contribution in [3.63, 3.8) is 0 Å². The maximum Gasteiger partial charge on any atom is 0.332 e. The normalized spacial score (nSPS) is 32.6. The minimum Gasteiger partial charge on any atom is -0.479 e. The van der Waals surface area contributed by atoms with Crippen molar-refractivity contribution >= 4 is 11.9 Å². The van der Waals surface area contributed by atoms with Gasteiger partial charge < -0.3 is 19.9 Å². The Kier molecular flexibility index (Phi) is 3.96. The van der Waals surface area contributed by atoms with Crippen LogP contribution in [-0.2, 0) is 19.1 Å². The van der Waals surface area contributed by atoms with Gasteiger partial charge in [-0.15, -0.1) is 0 Å². The van der Waals surface area contributed by atoms with Gasteiger partial charge in [0.05, 0.1) is 6.10 Å². The molecule has 1 amide bonds. The molecule has 3 atom stereocenters. The van der Waals surface area contributed by atoms with E-state index in [0.29, 0.717) is 26.0 Å². The summed E-state index contributed by atoms with van der Waals surface area (Å²) in [5, 5.41) is 11.5. The summed E-state index contributed by atoms with van der Waals surface area (Å²) in [7, 11) is 0. The summed E-state index contributed by atoms with van der Waals surface area (Å²) < 4.78 is 10.5. The lowest BCUT2D eigenvalue weighted by molar-refractivity contribution is -0.149. The Morgan fingerprint density at radius 3 is 2.65 bits per heavy atom. The molecule has 0 saturated carbocycles. The van der Waals surface area contributed by atoms with Gasteiger partial charge in [0.1, 0.15) is 6.10 Å². The first-order chi connectivity index (χ1) is 8.16. The Balaban J connectivity index is 1.68. The zero-order valence-electron chi connectivity index (χ0n) is 9.55. The molecule has 2 aliphatic heterocycles. The number of carboxylic acids is 1. The van der Waals surface area contributed by atoms with Gasteiger partial charge in [-0.2, -0.15) is 0 Å². The van der Waals surface area contributed by atoms with Crippen molar-refractivity contribution in [3.8, 4) is 0 Å². The van der Waals surface area contributed by atoms with Crippen molar-refractivity contribution in [3.05, 3.63) is 0 Å². The van der Waals surface area contributed by atoms with E-state index in [1.807, 2.05) is 0 Å². The van der Waals surface area contributed by atoms with Crippen molar-refractivity contribution in [2.24, 2.45) is 0 Å². The molecule has 3 unspecified atom stereocenters. The quantitative estimate of drug-likeness (QED) is 0.721. The Labute approximate surface area is 99.3 Å². The number of hydrogen-bond acceptors (Lipinski definition) is 4. The molecule has 2 rings (SSSR count). The average Bonchev–Trinajstić information content (AvgIpc) is 2.97. The molecular weight excluding hydrogens is 226 g/mol.